The van der Waals surface area contributed by atoms with Gasteiger partial charge in [0.15, 0.2) is 11.7 Å². The maximum atomic E-state index is 10.7. The lowest BCUT2D eigenvalue weighted by Gasteiger charge is -1.92. The van der Waals surface area contributed by atoms with E-state index in [1.807, 2.05) is 0 Å². The first-order valence-electron chi connectivity index (χ1n) is 3.75. The second-order valence-electron chi connectivity index (χ2n) is 2.59. The largest absolute Gasteiger partial charge is 0.478 e. The Hall–Kier alpha value is -2.35. The van der Waals surface area contributed by atoms with Crippen LogP contribution in [0.5, 0.6) is 0 Å². The van der Waals surface area contributed by atoms with Crippen LogP contribution in [0.3, 0.4) is 0 Å². The molecule has 0 spiro atoms. The van der Waals surface area contributed by atoms with Crippen molar-refractivity contribution in [1.82, 2.24) is 4.98 Å². The highest BCUT2D eigenvalue weighted by Gasteiger charge is 2.13. The summed E-state index contributed by atoms with van der Waals surface area (Å²) in [7, 11) is 0. The van der Waals surface area contributed by atoms with Crippen molar-refractivity contribution in [2.45, 2.75) is 0 Å². The predicted octanol–water partition coefficient (Wildman–Crippen LogP) is 1.40. The van der Waals surface area contributed by atoms with Crippen LogP contribution in [-0.4, -0.2) is 16.1 Å². The van der Waals surface area contributed by atoms with Crippen molar-refractivity contribution in [2.24, 2.45) is 0 Å². The number of fused-ring (bicyclic) bond motifs is 1. The highest BCUT2D eigenvalue weighted by Crippen LogP contribution is 2.18. The molecule has 0 unspecified atom stereocenters. The van der Waals surface area contributed by atoms with Crippen molar-refractivity contribution >= 4 is 17.1 Å². The molecular weight excluding hydrogens is 184 g/mol. The van der Waals surface area contributed by atoms with E-state index in [-0.39, 0.29) is 17.0 Å². The number of nitrogens with zero attached hydrogens (tertiary/aromatic N) is 2. The van der Waals surface area contributed by atoms with Crippen molar-refractivity contribution in [2.75, 3.05) is 0 Å². The van der Waals surface area contributed by atoms with E-state index in [0.717, 1.165) is 0 Å². The molecule has 2 rings (SSSR count). The van der Waals surface area contributed by atoms with Crippen LogP contribution in [0.1, 0.15) is 16.2 Å². The highest BCUT2D eigenvalue weighted by molar-refractivity contribution is 6.00. The zero-order valence-corrected chi connectivity index (χ0v) is 6.89. The van der Waals surface area contributed by atoms with Gasteiger partial charge in [-0.25, -0.2) is 4.79 Å². The van der Waals surface area contributed by atoms with Crippen molar-refractivity contribution in [3.05, 3.63) is 29.7 Å². The number of nitriles is 1. The molecule has 5 nitrogen and oxygen atoms in total. The van der Waals surface area contributed by atoms with Gasteiger partial charge in [0.25, 0.3) is 0 Å². The molecule has 68 valence electrons. The fourth-order valence-corrected chi connectivity index (χ4v) is 1.17. The molecule has 5 heteroatoms. The molecule has 0 atom stereocenters. The molecule has 1 aromatic carbocycles. The molecule has 0 saturated heterocycles. The maximum Gasteiger partial charge on any atom is 0.338 e. The zero-order chi connectivity index (χ0) is 10.1. The molecule has 0 radical (unpaired) electrons. The SMILES string of the molecule is N#Cc1nc2c(C(=O)O)cccc2o1. The molecule has 14 heavy (non-hydrogen) atoms. The molecule has 0 aliphatic rings. The van der Waals surface area contributed by atoms with Gasteiger partial charge in [0, 0.05) is 0 Å². The van der Waals surface area contributed by atoms with Gasteiger partial charge >= 0.3 is 11.9 Å². The summed E-state index contributed by atoms with van der Waals surface area (Å²) in [5.74, 6) is -1.22. The lowest BCUT2D eigenvalue weighted by molar-refractivity contribution is 0.0699. The number of para-hydroxylation sites is 1. The molecule has 0 bridgehead atoms. The van der Waals surface area contributed by atoms with E-state index in [1.165, 1.54) is 12.1 Å². The van der Waals surface area contributed by atoms with Gasteiger partial charge in [-0.1, -0.05) is 6.07 Å². The average Bonchev–Trinajstić information content (AvgIpc) is 2.59. The number of carbonyl (C=O) groups is 1. The topological polar surface area (TPSA) is 87.1 Å². The van der Waals surface area contributed by atoms with Crippen LogP contribution in [0, 0.1) is 11.3 Å². The second-order valence-corrected chi connectivity index (χ2v) is 2.59. The minimum Gasteiger partial charge on any atom is -0.478 e. The zero-order valence-electron chi connectivity index (χ0n) is 6.89. The van der Waals surface area contributed by atoms with Gasteiger partial charge in [-0.05, 0) is 12.1 Å². The molecule has 1 aromatic heterocycles. The van der Waals surface area contributed by atoms with E-state index in [2.05, 4.69) is 4.98 Å². The number of carboxylic acid groups (broad SMARTS) is 1. The number of hydrogen-bond acceptors (Lipinski definition) is 4. The van der Waals surface area contributed by atoms with E-state index < -0.39 is 5.97 Å². The summed E-state index contributed by atoms with van der Waals surface area (Å²) in [6.07, 6.45) is 0. The van der Waals surface area contributed by atoms with Gasteiger partial charge in [-0.15, -0.1) is 0 Å². The van der Waals surface area contributed by atoms with Crippen LogP contribution in [0.15, 0.2) is 22.6 Å². The van der Waals surface area contributed by atoms with Gasteiger partial charge in [0.05, 0.1) is 5.56 Å². The average molecular weight is 188 g/mol. The first kappa shape index (κ1) is 8.26. The number of rotatable bonds is 1. The molecule has 0 fully saturated rings. The summed E-state index contributed by atoms with van der Waals surface area (Å²) in [4.78, 5) is 14.5. The summed E-state index contributed by atoms with van der Waals surface area (Å²) in [6, 6.07) is 6.23. The van der Waals surface area contributed by atoms with E-state index in [1.54, 1.807) is 12.1 Å². The summed E-state index contributed by atoms with van der Waals surface area (Å²) < 4.78 is 4.97. The quantitative estimate of drug-likeness (QED) is 0.730. The summed E-state index contributed by atoms with van der Waals surface area (Å²) in [5, 5.41) is 17.3. The third kappa shape index (κ3) is 1.10. The maximum absolute atomic E-state index is 10.7. The van der Waals surface area contributed by atoms with Crippen molar-refractivity contribution in [3.8, 4) is 6.07 Å². The fourth-order valence-electron chi connectivity index (χ4n) is 1.17. The third-order valence-corrected chi connectivity index (χ3v) is 1.75. The van der Waals surface area contributed by atoms with Gasteiger partial charge < -0.3 is 9.52 Å². The molecule has 0 aliphatic heterocycles. The normalized spacial score (nSPS) is 9.93. The monoisotopic (exact) mass is 188 g/mol. The fraction of sp³-hybridized carbons (Fsp3) is 0. The smallest absolute Gasteiger partial charge is 0.338 e. The van der Waals surface area contributed by atoms with Crippen molar-refractivity contribution in [3.63, 3.8) is 0 Å². The van der Waals surface area contributed by atoms with Crippen LogP contribution in [-0.2, 0) is 0 Å². The Labute approximate surface area is 78.2 Å². The minimum absolute atomic E-state index is 0.0350. The van der Waals surface area contributed by atoms with E-state index in [9.17, 15) is 4.79 Å². The van der Waals surface area contributed by atoms with Gasteiger partial charge in [-0.2, -0.15) is 10.2 Å². The first-order valence-corrected chi connectivity index (χ1v) is 3.75. The summed E-state index contributed by atoms with van der Waals surface area (Å²) in [6.45, 7) is 0. The Morgan fingerprint density at radius 3 is 3.00 bits per heavy atom. The van der Waals surface area contributed by atoms with Crippen molar-refractivity contribution < 1.29 is 14.3 Å². The first-order chi connectivity index (χ1) is 6.72. The molecule has 1 heterocycles. The standard InChI is InChI=1S/C9H4N2O3/c10-4-7-11-8-5(9(12)13)2-1-3-6(8)14-7/h1-3H,(H,12,13). The van der Waals surface area contributed by atoms with Crippen LogP contribution >= 0.6 is 0 Å². The molecule has 2 aromatic rings. The minimum atomic E-state index is -1.09. The third-order valence-electron chi connectivity index (χ3n) is 1.75. The molecule has 0 amide bonds. The highest BCUT2D eigenvalue weighted by atomic mass is 16.4. The molecule has 0 aliphatic carbocycles. The van der Waals surface area contributed by atoms with Gasteiger partial charge in [0.2, 0.25) is 0 Å². The summed E-state index contributed by atoms with van der Waals surface area (Å²) >= 11 is 0. The van der Waals surface area contributed by atoms with Gasteiger partial charge in [-0.3, -0.25) is 0 Å². The van der Waals surface area contributed by atoms with E-state index >= 15 is 0 Å². The van der Waals surface area contributed by atoms with Crippen molar-refractivity contribution in [1.29, 1.82) is 5.26 Å². The summed E-state index contributed by atoms with van der Waals surface area (Å²) in [5.41, 5.74) is 0.547. The second kappa shape index (κ2) is 2.85. The Bertz CT molecular complexity index is 551. The predicted molar refractivity (Wildman–Crippen MR) is 45.7 cm³/mol. The number of aromatic carboxylic acids is 1. The van der Waals surface area contributed by atoms with Crippen LogP contribution in [0.25, 0.3) is 11.1 Å². The lowest BCUT2D eigenvalue weighted by Crippen LogP contribution is -1.96. The Balaban J connectivity index is 2.81. The molecular formula is C9H4N2O3. The lowest BCUT2D eigenvalue weighted by atomic mass is 10.2. The van der Waals surface area contributed by atoms with Gasteiger partial charge in [0.1, 0.15) is 5.52 Å². The number of aromatic nitrogens is 1. The van der Waals surface area contributed by atoms with Crippen LogP contribution in [0.2, 0.25) is 0 Å². The van der Waals surface area contributed by atoms with Crippen LogP contribution < -0.4 is 0 Å². The molecule has 0 saturated carbocycles. The number of hydrogen-bond donors (Lipinski definition) is 1. The van der Waals surface area contributed by atoms with Crippen LogP contribution in [0.4, 0.5) is 0 Å². The Morgan fingerprint density at radius 1 is 1.57 bits per heavy atom. The Morgan fingerprint density at radius 2 is 2.36 bits per heavy atom. The number of oxazole rings is 1. The number of carboxylic acids is 1. The van der Waals surface area contributed by atoms with E-state index in [4.69, 9.17) is 14.8 Å². The number of benzene rings is 1. The molecule has 1 N–H and O–H groups in total. The Kier molecular flexibility index (Phi) is 1.68. The van der Waals surface area contributed by atoms with E-state index in [0.29, 0.717) is 5.58 Å².